The van der Waals surface area contributed by atoms with E-state index in [1.54, 1.807) is 4.90 Å². The summed E-state index contributed by atoms with van der Waals surface area (Å²) in [5.74, 6) is -0.838. The van der Waals surface area contributed by atoms with Crippen molar-refractivity contribution in [2.75, 3.05) is 64.3 Å². The van der Waals surface area contributed by atoms with Crippen LogP contribution in [0.4, 0.5) is 14.9 Å². The number of hydrogen-bond acceptors (Lipinski definition) is 8. The number of carbonyl (C=O) groups is 3. The standard InChI is InChI=1S/C39H57FN4O6/c1-27-10-12-34(45)26-36(46)50-37(28(2)11-13-35(27)49-39(48)44-16-14-41(4)15-17-44)29(3)22-30-23-32(40)25-33(24-30)42-18-20-43(21-19-42)38(47)31-8-6-5-7-9-31/h11,13,22-25,27-28,31,34-35,37,45H,5-10,12,14-21,26H2,1-4H3/b13-11?,29-22+. The molecule has 1 aromatic rings. The summed E-state index contributed by atoms with van der Waals surface area (Å²) < 4.78 is 27.0. The third kappa shape index (κ3) is 10.3. The van der Waals surface area contributed by atoms with E-state index >= 15 is 4.39 Å². The number of ether oxygens (including phenoxy) is 2. The number of benzene rings is 1. The van der Waals surface area contributed by atoms with E-state index in [4.69, 9.17) is 9.47 Å². The maximum Gasteiger partial charge on any atom is 0.410 e. The first kappa shape index (κ1) is 37.8. The number of cyclic esters (lactones) is 1. The second-order valence-corrected chi connectivity index (χ2v) is 15.0. The highest BCUT2D eigenvalue weighted by Crippen LogP contribution is 2.29. The van der Waals surface area contributed by atoms with Crippen molar-refractivity contribution in [1.29, 1.82) is 0 Å². The minimum absolute atomic E-state index is 0.0759. The molecular weight excluding hydrogens is 639 g/mol. The molecule has 11 heteroatoms. The Kier molecular flexibility index (Phi) is 13.4. The van der Waals surface area contributed by atoms with Gasteiger partial charge in [0, 0.05) is 69.9 Å². The van der Waals surface area contributed by atoms with E-state index in [2.05, 4.69) is 9.80 Å². The highest BCUT2D eigenvalue weighted by Gasteiger charge is 2.31. The predicted octanol–water partition coefficient (Wildman–Crippen LogP) is 5.50. The van der Waals surface area contributed by atoms with Crippen molar-refractivity contribution in [1.82, 2.24) is 14.7 Å². The number of piperazine rings is 2. The summed E-state index contributed by atoms with van der Waals surface area (Å²) in [5, 5.41) is 10.7. The lowest BCUT2D eigenvalue weighted by Gasteiger charge is -2.38. The Morgan fingerprint density at radius 3 is 2.28 bits per heavy atom. The van der Waals surface area contributed by atoms with Crippen LogP contribution in [-0.2, 0) is 19.1 Å². The summed E-state index contributed by atoms with van der Waals surface area (Å²) in [4.78, 5) is 47.2. The van der Waals surface area contributed by atoms with Gasteiger partial charge >= 0.3 is 12.1 Å². The van der Waals surface area contributed by atoms with Gasteiger partial charge in [0.1, 0.15) is 18.0 Å². The van der Waals surface area contributed by atoms with Crippen LogP contribution >= 0.6 is 0 Å². The Bertz CT molecular complexity index is 1380. The van der Waals surface area contributed by atoms with Gasteiger partial charge in [-0.15, -0.1) is 0 Å². The van der Waals surface area contributed by atoms with Crippen LogP contribution < -0.4 is 4.90 Å². The molecule has 276 valence electrons. The van der Waals surface area contributed by atoms with Crippen LogP contribution in [0.25, 0.3) is 6.08 Å². The average Bonchev–Trinajstić information content (AvgIpc) is 3.10. The Hall–Kier alpha value is -3.44. The lowest BCUT2D eigenvalue weighted by molar-refractivity contribution is -0.151. The SMILES string of the molecule is C/C(=C\c1cc(F)cc(N2CCN(C(=O)C3CCCCC3)CC2)c1)C1OC(=O)CC(O)CCC(C)C(OC(=O)N2CCN(C)CC2)C=CC1C. The zero-order chi connectivity index (χ0) is 35.8. The molecule has 0 spiro atoms. The number of halogens is 1. The van der Waals surface area contributed by atoms with Crippen LogP contribution in [0.15, 0.2) is 35.9 Å². The predicted molar refractivity (Wildman–Crippen MR) is 192 cm³/mol. The maximum absolute atomic E-state index is 15.1. The topological polar surface area (TPSA) is 103 Å². The third-order valence-electron chi connectivity index (χ3n) is 10.9. The van der Waals surface area contributed by atoms with Crippen LogP contribution in [0, 0.1) is 23.6 Å². The molecule has 1 saturated carbocycles. The number of carbonyl (C=O) groups excluding carboxylic acids is 3. The fourth-order valence-corrected chi connectivity index (χ4v) is 7.63. The molecule has 5 rings (SSSR count). The minimum atomic E-state index is -0.883. The Balaban J connectivity index is 1.30. The molecule has 0 aromatic heterocycles. The first-order valence-electron chi connectivity index (χ1n) is 18.7. The smallest absolute Gasteiger partial charge is 0.410 e. The lowest BCUT2D eigenvalue weighted by atomic mass is 9.88. The summed E-state index contributed by atoms with van der Waals surface area (Å²) in [7, 11) is 2.03. The van der Waals surface area contributed by atoms with Crippen molar-refractivity contribution in [2.45, 2.75) is 90.4 Å². The zero-order valence-corrected chi connectivity index (χ0v) is 30.4. The Morgan fingerprint density at radius 1 is 0.900 bits per heavy atom. The van der Waals surface area contributed by atoms with E-state index < -0.39 is 24.3 Å². The van der Waals surface area contributed by atoms with Gasteiger partial charge in [-0.3, -0.25) is 9.59 Å². The van der Waals surface area contributed by atoms with Crippen molar-refractivity contribution in [3.8, 4) is 0 Å². The number of rotatable bonds is 5. The molecule has 3 aliphatic heterocycles. The number of aliphatic hydroxyl groups excluding tert-OH is 1. The first-order chi connectivity index (χ1) is 24.0. The van der Waals surface area contributed by atoms with Gasteiger partial charge in [-0.25, -0.2) is 9.18 Å². The molecule has 1 aromatic carbocycles. The first-order valence-corrected chi connectivity index (χ1v) is 18.7. The number of anilines is 1. The van der Waals surface area contributed by atoms with Gasteiger partial charge in [-0.1, -0.05) is 45.3 Å². The molecule has 10 nitrogen and oxygen atoms in total. The summed E-state index contributed by atoms with van der Waals surface area (Å²) in [6, 6.07) is 4.92. The molecule has 3 fully saturated rings. The molecular formula is C39H57FN4O6. The van der Waals surface area contributed by atoms with E-state index in [0.29, 0.717) is 57.7 Å². The second kappa shape index (κ2) is 17.7. The molecule has 5 unspecified atom stereocenters. The van der Waals surface area contributed by atoms with E-state index in [1.165, 1.54) is 18.6 Å². The normalized spacial score (nSPS) is 28.4. The molecule has 3 heterocycles. The summed E-state index contributed by atoms with van der Waals surface area (Å²) in [6.45, 7) is 11.1. The monoisotopic (exact) mass is 696 g/mol. The van der Waals surface area contributed by atoms with Gasteiger partial charge in [0.15, 0.2) is 0 Å². The van der Waals surface area contributed by atoms with Crippen molar-refractivity contribution >= 4 is 29.7 Å². The van der Waals surface area contributed by atoms with Gasteiger partial charge in [0.2, 0.25) is 5.91 Å². The summed E-state index contributed by atoms with van der Waals surface area (Å²) in [6.07, 6.45) is 9.44. The molecule has 1 N–H and O–H groups in total. The zero-order valence-electron chi connectivity index (χ0n) is 30.4. The van der Waals surface area contributed by atoms with Crippen LogP contribution in [0.1, 0.15) is 77.7 Å². The van der Waals surface area contributed by atoms with Crippen LogP contribution in [0.5, 0.6) is 0 Å². The quantitative estimate of drug-likeness (QED) is 0.319. The molecule has 4 aliphatic rings. The highest BCUT2D eigenvalue weighted by molar-refractivity contribution is 5.79. The van der Waals surface area contributed by atoms with Crippen molar-refractivity contribution < 1.29 is 33.4 Å². The minimum Gasteiger partial charge on any atom is -0.457 e. The molecule has 2 amide bonds. The van der Waals surface area contributed by atoms with Gasteiger partial charge in [-0.2, -0.15) is 0 Å². The molecule has 5 atom stereocenters. The average molecular weight is 697 g/mol. The van der Waals surface area contributed by atoms with Crippen LogP contribution in [0.2, 0.25) is 0 Å². The second-order valence-electron chi connectivity index (χ2n) is 15.0. The van der Waals surface area contributed by atoms with Crippen molar-refractivity contribution in [3.63, 3.8) is 0 Å². The fourth-order valence-electron chi connectivity index (χ4n) is 7.63. The number of aliphatic hydroxyl groups is 1. The van der Waals surface area contributed by atoms with E-state index in [9.17, 15) is 19.5 Å². The van der Waals surface area contributed by atoms with Crippen LogP contribution in [0.3, 0.4) is 0 Å². The maximum atomic E-state index is 15.1. The third-order valence-corrected chi connectivity index (χ3v) is 10.9. The number of hydrogen-bond donors (Lipinski definition) is 1. The Morgan fingerprint density at radius 2 is 1.58 bits per heavy atom. The Labute approximate surface area is 297 Å². The van der Waals surface area contributed by atoms with Gasteiger partial charge < -0.3 is 34.2 Å². The molecule has 2 saturated heterocycles. The molecule has 1 aliphatic carbocycles. The molecule has 0 bridgehead atoms. The van der Waals surface area contributed by atoms with E-state index in [-0.39, 0.29) is 42.0 Å². The summed E-state index contributed by atoms with van der Waals surface area (Å²) >= 11 is 0. The van der Waals surface area contributed by atoms with Crippen LogP contribution in [-0.4, -0.2) is 115 Å². The van der Waals surface area contributed by atoms with Gasteiger partial charge in [-0.05, 0) is 81.0 Å². The van der Waals surface area contributed by atoms with Gasteiger partial charge in [0.25, 0.3) is 0 Å². The number of esters is 1. The molecule has 50 heavy (non-hydrogen) atoms. The van der Waals surface area contributed by atoms with Crippen molar-refractivity contribution in [2.24, 2.45) is 17.8 Å². The van der Waals surface area contributed by atoms with Crippen molar-refractivity contribution in [3.05, 3.63) is 47.3 Å². The highest BCUT2D eigenvalue weighted by atomic mass is 19.1. The number of amides is 2. The largest absolute Gasteiger partial charge is 0.457 e. The number of likely N-dealkylation sites (N-methyl/N-ethyl adjacent to an activating group) is 1. The van der Waals surface area contributed by atoms with Gasteiger partial charge in [0.05, 0.1) is 12.5 Å². The number of nitrogens with zero attached hydrogens (tertiary/aromatic N) is 4. The van der Waals surface area contributed by atoms with E-state index in [0.717, 1.165) is 50.0 Å². The lowest BCUT2D eigenvalue weighted by Crippen LogP contribution is -2.50. The molecule has 0 radical (unpaired) electrons. The summed E-state index contributed by atoms with van der Waals surface area (Å²) in [5.41, 5.74) is 2.12. The van der Waals surface area contributed by atoms with E-state index in [1.807, 2.05) is 57.0 Å². The fraction of sp³-hybridized carbons (Fsp3) is 0.667.